The smallest absolute Gasteiger partial charge is 0.180 e. The molecule has 0 bridgehead atoms. The minimum absolute atomic E-state index is 0.00997. The van der Waals surface area contributed by atoms with Crippen molar-refractivity contribution < 1.29 is 9.47 Å². The quantitative estimate of drug-likeness (QED) is 0.675. The van der Waals surface area contributed by atoms with Gasteiger partial charge in [0.25, 0.3) is 0 Å². The number of methoxy groups -OCH3 is 1. The first-order valence-corrected chi connectivity index (χ1v) is 10.7. The molecule has 3 heterocycles. The largest absolute Gasteiger partial charge is 0.493 e. The van der Waals surface area contributed by atoms with Gasteiger partial charge in [-0.15, -0.1) is 0 Å². The summed E-state index contributed by atoms with van der Waals surface area (Å²) in [7, 11) is 1.64. The lowest BCUT2D eigenvalue weighted by Crippen LogP contribution is -2.28. The van der Waals surface area contributed by atoms with Crippen LogP contribution in [-0.4, -0.2) is 40.1 Å². The zero-order valence-electron chi connectivity index (χ0n) is 16.4. The van der Waals surface area contributed by atoms with E-state index in [2.05, 4.69) is 16.8 Å². The van der Waals surface area contributed by atoms with Gasteiger partial charge in [0.2, 0.25) is 0 Å². The molecule has 3 atom stereocenters. The number of aliphatic imine (C=N–C) groups is 1. The molecule has 5 nitrogen and oxygen atoms in total. The maximum Gasteiger partial charge on any atom is 0.180 e. The average molecular weight is 418 g/mol. The third-order valence-corrected chi connectivity index (χ3v) is 6.21. The van der Waals surface area contributed by atoms with Crippen LogP contribution in [0.15, 0.2) is 41.5 Å². The summed E-state index contributed by atoms with van der Waals surface area (Å²) < 4.78 is 11.5. The van der Waals surface area contributed by atoms with Crippen LogP contribution in [-0.2, 0) is 0 Å². The Morgan fingerprint density at radius 1 is 1.29 bits per heavy atom. The van der Waals surface area contributed by atoms with Crippen molar-refractivity contribution >= 4 is 28.5 Å². The van der Waals surface area contributed by atoms with Crippen LogP contribution in [0.25, 0.3) is 0 Å². The van der Waals surface area contributed by atoms with E-state index in [1.54, 1.807) is 7.11 Å². The average Bonchev–Trinajstić information content (AvgIpc) is 3.19. The van der Waals surface area contributed by atoms with Crippen molar-refractivity contribution in [2.45, 2.75) is 44.2 Å². The molecule has 2 aromatic rings. The normalized spacial score (nSPS) is 23.7. The molecule has 28 heavy (non-hydrogen) atoms. The van der Waals surface area contributed by atoms with Crippen LogP contribution in [0.3, 0.4) is 0 Å². The Balaban J connectivity index is 1.78. The molecule has 2 aliphatic rings. The Hall–Kier alpha value is -1.92. The number of hydrogen-bond donors (Lipinski definition) is 0. The van der Waals surface area contributed by atoms with Gasteiger partial charge in [0, 0.05) is 18.0 Å². The van der Waals surface area contributed by atoms with E-state index >= 15 is 0 Å². The van der Waals surface area contributed by atoms with Gasteiger partial charge in [-0.1, -0.05) is 36.4 Å². The fourth-order valence-corrected chi connectivity index (χ4v) is 5.10. The number of thioether (sulfide) groups is 1. The highest BCUT2D eigenvalue weighted by Gasteiger charge is 2.44. The molecule has 0 radical (unpaired) electrons. The van der Waals surface area contributed by atoms with Gasteiger partial charge >= 0.3 is 0 Å². The molecule has 2 aliphatic heterocycles. The highest BCUT2D eigenvalue weighted by Crippen LogP contribution is 2.50. The van der Waals surface area contributed by atoms with E-state index in [1.165, 1.54) is 0 Å². The number of amidine groups is 1. The molecule has 0 amide bonds. The molecule has 0 saturated carbocycles. The molecule has 1 aromatic heterocycles. The van der Waals surface area contributed by atoms with Crippen LogP contribution in [0, 0.1) is 0 Å². The molecule has 0 spiro atoms. The fraction of sp³-hybridized carbons (Fsp3) is 0.429. The minimum Gasteiger partial charge on any atom is -0.493 e. The first-order valence-electron chi connectivity index (χ1n) is 9.44. The van der Waals surface area contributed by atoms with E-state index in [0.29, 0.717) is 21.8 Å². The van der Waals surface area contributed by atoms with E-state index in [-0.39, 0.29) is 18.2 Å². The Labute approximate surface area is 175 Å². The number of benzene rings is 1. The third kappa shape index (κ3) is 3.55. The summed E-state index contributed by atoms with van der Waals surface area (Å²) in [6.07, 6.45) is 1.83. The fourth-order valence-electron chi connectivity index (χ4n) is 3.74. The minimum atomic E-state index is -0.0751. The SMILES string of the molecule is COc1cc([C@H]2[C@H](c3ccccn3)N=C3S[C@@H](C)CN32)cc(Cl)c1OC(C)C. The predicted molar refractivity (Wildman–Crippen MR) is 115 cm³/mol. The number of halogens is 1. The summed E-state index contributed by atoms with van der Waals surface area (Å²) in [5, 5.41) is 2.13. The zero-order valence-corrected chi connectivity index (χ0v) is 18.0. The second-order valence-electron chi connectivity index (χ2n) is 7.34. The van der Waals surface area contributed by atoms with E-state index in [0.717, 1.165) is 23.0 Å². The number of aromatic nitrogens is 1. The van der Waals surface area contributed by atoms with Crippen LogP contribution in [0.2, 0.25) is 5.02 Å². The van der Waals surface area contributed by atoms with Crippen LogP contribution < -0.4 is 9.47 Å². The van der Waals surface area contributed by atoms with E-state index < -0.39 is 0 Å². The van der Waals surface area contributed by atoms with Crippen molar-refractivity contribution in [2.24, 2.45) is 4.99 Å². The number of rotatable bonds is 5. The highest BCUT2D eigenvalue weighted by molar-refractivity contribution is 8.14. The van der Waals surface area contributed by atoms with Gasteiger partial charge in [-0.05, 0) is 43.7 Å². The molecule has 1 aromatic carbocycles. The number of ether oxygens (including phenoxy) is 2. The molecule has 148 valence electrons. The van der Waals surface area contributed by atoms with Gasteiger partial charge in [0.1, 0.15) is 6.04 Å². The standard InChI is InChI=1S/C21H24ClN3O2S/c1-12(2)27-20-15(22)9-14(10-17(20)26-4)19-18(16-7-5-6-8-23-16)24-21-25(19)11-13(3)28-21/h5-10,12-13,18-19H,11H2,1-4H3/t13-,18-,19-/m0/s1. The van der Waals surface area contributed by atoms with Crippen molar-refractivity contribution in [2.75, 3.05) is 13.7 Å². The first-order chi connectivity index (χ1) is 13.5. The molecular formula is C21H24ClN3O2S. The van der Waals surface area contributed by atoms with Crippen molar-refractivity contribution in [3.05, 3.63) is 52.8 Å². The van der Waals surface area contributed by atoms with Crippen LogP contribution >= 0.6 is 23.4 Å². The van der Waals surface area contributed by atoms with Gasteiger partial charge < -0.3 is 14.4 Å². The molecule has 4 rings (SSSR count). The zero-order chi connectivity index (χ0) is 19.8. The molecule has 1 saturated heterocycles. The van der Waals surface area contributed by atoms with Gasteiger partial charge in [-0.3, -0.25) is 9.98 Å². The van der Waals surface area contributed by atoms with Gasteiger partial charge in [-0.2, -0.15) is 0 Å². The Morgan fingerprint density at radius 3 is 2.79 bits per heavy atom. The summed E-state index contributed by atoms with van der Waals surface area (Å²) in [5.74, 6) is 1.23. The first kappa shape index (κ1) is 19.4. The highest BCUT2D eigenvalue weighted by atomic mass is 35.5. The number of pyridine rings is 1. The third-order valence-electron chi connectivity index (χ3n) is 4.83. The second kappa shape index (κ2) is 7.84. The molecule has 0 unspecified atom stereocenters. The molecule has 0 N–H and O–H groups in total. The number of nitrogens with zero attached hydrogens (tertiary/aromatic N) is 3. The summed E-state index contributed by atoms with van der Waals surface area (Å²) >= 11 is 8.44. The van der Waals surface area contributed by atoms with Gasteiger partial charge in [0.15, 0.2) is 16.7 Å². The monoisotopic (exact) mass is 417 g/mol. The summed E-state index contributed by atoms with van der Waals surface area (Å²) in [6, 6.07) is 9.93. The van der Waals surface area contributed by atoms with Gasteiger partial charge in [0.05, 0.1) is 30.0 Å². The van der Waals surface area contributed by atoms with Crippen molar-refractivity contribution in [1.29, 1.82) is 0 Å². The van der Waals surface area contributed by atoms with Crippen molar-refractivity contribution in [1.82, 2.24) is 9.88 Å². The summed E-state index contributed by atoms with van der Waals surface area (Å²) in [4.78, 5) is 11.9. The lowest BCUT2D eigenvalue weighted by atomic mass is 9.96. The van der Waals surface area contributed by atoms with Crippen molar-refractivity contribution in [3.8, 4) is 11.5 Å². The molecule has 0 aliphatic carbocycles. The maximum absolute atomic E-state index is 6.62. The number of fused-ring (bicyclic) bond motifs is 1. The molecule has 1 fully saturated rings. The summed E-state index contributed by atoms with van der Waals surface area (Å²) in [6.45, 7) is 7.12. The summed E-state index contributed by atoms with van der Waals surface area (Å²) in [5.41, 5.74) is 2.02. The van der Waals surface area contributed by atoms with Crippen LogP contribution in [0.5, 0.6) is 11.5 Å². The predicted octanol–water partition coefficient (Wildman–Crippen LogP) is 5.12. The topological polar surface area (TPSA) is 47.0 Å². The van der Waals surface area contributed by atoms with Crippen molar-refractivity contribution in [3.63, 3.8) is 0 Å². The van der Waals surface area contributed by atoms with E-state index in [4.69, 9.17) is 26.1 Å². The van der Waals surface area contributed by atoms with Crippen LogP contribution in [0.1, 0.15) is 44.1 Å². The number of hydrogen-bond acceptors (Lipinski definition) is 6. The lowest BCUT2D eigenvalue weighted by Gasteiger charge is -2.28. The lowest BCUT2D eigenvalue weighted by molar-refractivity contribution is 0.229. The molecular weight excluding hydrogens is 394 g/mol. The Morgan fingerprint density at radius 2 is 2.11 bits per heavy atom. The van der Waals surface area contributed by atoms with Gasteiger partial charge in [-0.25, -0.2) is 0 Å². The molecule has 7 heteroatoms. The second-order valence-corrected chi connectivity index (χ2v) is 9.15. The maximum atomic E-state index is 6.62. The Bertz CT molecular complexity index is 891. The van der Waals surface area contributed by atoms with E-state index in [1.807, 2.05) is 62.1 Å². The Kier molecular flexibility index (Phi) is 5.43. The van der Waals surface area contributed by atoms with E-state index in [9.17, 15) is 0 Å². The van der Waals surface area contributed by atoms with Crippen LogP contribution in [0.4, 0.5) is 0 Å².